The minimum absolute atomic E-state index is 0.147. The average molecular weight is 288 g/mol. The van der Waals surface area contributed by atoms with Gasteiger partial charge in [0.25, 0.3) is 0 Å². The fraction of sp³-hybridized carbons (Fsp3) is 0.500. The van der Waals surface area contributed by atoms with Crippen molar-refractivity contribution in [1.82, 2.24) is 14.7 Å². The number of rotatable bonds is 6. The zero-order valence-corrected chi connectivity index (χ0v) is 11.8. The quantitative estimate of drug-likeness (QED) is 0.733. The summed E-state index contributed by atoms with van der Waals surface area (Å²) in [7, 11) is 1.72. The van der Waals surface area contributed by atoms with Gasteiger partial charge in [-0.05, 0) is 13.0 Å². The first-order valence-corrected chi connectivity index (χ1v) is 6.26. The lowest BCUT2D eigenvalue weighted by molar-refractivity contribution is -0.126. The van der Waals surface area contributed by atoms with Crippen LogP contribution in [-0.2, 0) is 11.8 Å². The molecule has 0 aliphatic carbocycles. The summed E-state index contributed by atoms with van der Waals surface area (Å²) in [6, 6.07) is 0. The van der Waals surface area contributed by atoms with Crippen molar-refractivity contribution in [2.75, 3.05) is 26.3 Å². The van der Waals surface area contributed by atoms with Crippen molar-refractivity contribution in [3.8, 4) is 0 Å². The molecule has 0 spiro atoms. The molecule has 1 aromatic heterocycles. The molecule has 0 radical (unpaired) electrons. The summed E-state index contributed by atoms with van der Waals surface area (Å²) in [4.78, 5) is 13.2. The SMILES string of the molecule is Cc1nn(C)c(Cl)c1C=CC(=O)N(CCO)CCO. The lowest BCUT2D eigenvalue weighted by Gasteiger charge is -2.18. The number of halogens is 1. The zero-order valence-electron chi connectivity index (χ0n) is 11.0. The molecular formula is C12H18ClN3O3. The van der Waals surface area contributed by atoms with Crippen LogP contribution in [0.4, 0.5) is 0 Å². The highest BCUT2D eigenvalue weighted by atomic mass is 35.5. The summed E-state index contributed by atoms with van der Waals surface area (Å²) < 4.78 is 1.53. The first-order chi connectivity index (χ1) is 9.01. The number of hydrogen-bond acceptors (Lipinski definition) is 4. The van der Waals surface area contributed by atoms with E-state index in [1.165, 1.54) is 15.7 Å². The number of carbonyl (C=O) groups excluding carboxylic acids is 1. The monoisotopic (exact) mass is 287 g/mol. The van der Waals surface area contributed by atoms with Crippen LogP contribution in [0.2, 0.25) is 5.15 Å². The molecule has 1 rings (SSSR count). The van der Waals surface area contributed by atoms with E-state index in [-0.39, 0.29) is 32.2 Å². The van der Waals surface area contributed by atoms with E-state index in [1.54, 1.807) is 20.0 Å². The summed E-state index contributed by atoms with van der Waals surface area (Å²) >= 11 is 6.04. The maximum absolute atomic E-state index is 11.9. The summed E-state index contributed by atoms with van der Waals surface area (Å²) in [5.74, 6) is -0.289. The molecule has 1 amide bonds. The first-order valence-electron chi connectivity index (χ1n) is 5.89. The topological polar surface area (TPSA) is 78.6 Å². The molecule has 0 saturated carbocycles. The van der Waals surface area contributed by atoms with Crippen molar-refractivity contribution in [2.24, 2.45) is 7.05 Å². The first kappa shape index (κ1) is 15.7. The van der Waals surface area contributed by atoms with Crippen LogP contribution in [0.5, 0.6) is 0 Å². The van der Waals surface area contributed by atoms with E-state index < -0.39 is 0 Å². The number of nitrogens with zero attached hydrogens (tertiary/aromatic N) is 3. The molecule has 0 atom stereocenters. The lowest BCUT2D eigenvalue weighted by Crippen LogP contribution is -2.34. The average Bonchev–Trinajstić information content (AvgIpc) is 2.61. The minimum Gasteiger partial charge on any atom is -0.395 e. The van der Waals surface area contributed by atoms with Gasteiger partial charge in [-0.25, -0.2) is 0 Å². The molecule has 2 N–H and O–H groups in total. The molecule has 0 bridgehead atoms. The molecule has 6 nitrogen and oxygen atoms in total. The van der Waals surface area contributed by atoms with Crippen molar-refractivity contribution in [3.05, 3.63) is 22.5 Å². The molecule has 0 aromatic carbocycles. The van der Waals surface area contributed by atoms with Crippen molar-refractivity contribution in [3.63, 3.8) is 0 Å². The van der Waals surface area contributed by atoms with Crippen LogP contribution >= 0.6 is 11.6 Å². The zero-order chi connectivity index (χ0) is 14.4. The van der Waals surface area contributed by atoms with Gasteiger partial charge in [0, 0.05) is 31.8 Å². The minimum atomic E-state index is -0.289. The standard InChI is InChI=1S/C12H18ClN3O3/c1-9-10(12(13)15(2)14-9)3-4-11(19)16(5-7-17)6-8-18/h3-4,17-18H,5-8H2,1-2H3. The smallest absolute Gasteiger partial charge is 0.246 e. The normalized spacial score (nSPS) is 11.2. The summed E-state index contributed by atoms with van der Waals surface area (Å²) in [6.45, 7) is 1.88. The van der Waals surface area contributed by atoms with Gasteiger partial charge in [-0.1, -0.05) is 11.6 Å². The molecule has 1 aromatic rings. The van der Waals surface area contributed by atoms with Crippen LogP contribution in [-0.4, -0.2) is 57.1 Å². The van der Waals surface area contributed by atoms with E-state index in [0.717, 1.165) is 5.69 Å². The second kappa shape index (κ2) is 7.28. The number of carbonyl (C=O) groups is 1. The van der Waals surface area contributed by atoms with Gasteiger partial charge in [0.1, 0.15) is 5.15 Å². The van der Waals surface area contributed by atoms with Crippen molar-refractivity contribution < 1.29 is 15.0 Å². The Morgan fingerprint density at radius 2 is 2.00 bits per heavy atom. The Morgan fingerprint density at radius 1 is 1.42 bits per heavy atom. The Hall–Kier alpha value is -1.37. The summed E-state index contributed by atoms with van der Waals surface area (Å²) in [5, 5.41) is 22.3. The largest absolute Gasteiger partial charge is 0.395 e. The maximum atomic E-state index is 11.9. The van der Waals surface area contributed by atoms with Crippen molar-refractivity contribution >= 4 is 23.6 Å². The van der Waals surface area contributed by atoms with Gasteiger partial charge in [-0.2, -0.15) is 5.10 Å². The van der Waals surface area contributed by atoms with Gasteiger partial charge in [-0.3, -0.25) is 9.48 Å². The highest BCUT2D eigenvalue weighted by Crippen LogP contribution is 2.19. The van der Waals surface area contributed by atoms with Crippen LogP contribution in [0, 0.1) is 6.92 Å². The number of amides is 1. The van der Waals surface area contributed by atoms with Crippen LogP contribution in [0.1, 0.15) is 11.3 Å². The molecule has 1 heterocycles. The predicted molar refractivity (Wildman–Crippen MR) is 72.7 cm³/mol. The third-order valence-electron chi connectivity index (χ3n) is 2.64. The van der Waals surface area contributed by atoms with Crippen LogP contribution in [0.15, 0.2) is 6.08 Å². The van der Waals surface area contributed by atoms with Crippen LogP contribution in [0.3, 0.4) is 0 Å². The third-order valence-corrected chi connectivity index (χ3v) is 3.09. The second-order valence-electron chi connectivity index (χ2n) is 4.02. The van der Waals surface area contributed by atoms with Crippen molar-refractivity contribution in [2.45, 2.75) is 6.92 Å². The molecule has 7 heteroatoms. The molecule has 0 unspecified atom stereocenters. The van der Waals surface area contributed by atoms with Crippen LogP contribution in [0.25, 0.3) is 6.08 Å². The second-order valence-corrected chi connectivity index (χ2v) is 4.38. The van der Waals surface area contributed by atoms with E-state index in [0.29, 0.717) is 10.7 Å². The Bertz CT molecular complexity index is 465. The molecular weight excluding hydrogens is 270 g/mol. The van der Waals surface area contributed by atoms with Gasteiger partial charge in [0.15, 0.2) is 0 Å². The number of aliphatic hydroxyl groups is 2. The Labute approximate surface area is 116 Å². The Morgan fingerprint density at radius 3 is 2.42 bits per heavy atom. The molecule has 19 heavy (non-hydrogen) atoms. The molecule has 0 aliphatic heterocycles. The summed E-state index contributed by atoms with van der Waals surface area (Å²) in [5.41, 5.74) is 1.41. The van der Waals surface area contributed by atoms with E-state index in [1.807, 2.05) is 0 Å². The molecule has 0 fully saturated rings. The Kier molecular flexibility index (Phi) is 6.01. The van der Waals surface area contributed by atoms with Gasteiger partial charge in [-0.15, -0.1) is 0 Å². The van der Waals surface area contributed by atoms with E-state index in [4.69, 9.17) is 21.8 Å². The molecule has 106 valence electrons. The van der Waals surface area contributed by atoms with E-state index >= 15 is 0 Å². The third kappa shape index (κ3) is 4.05. The fourth-order valence-electron chi connectivity index (χ4n) is 1.67. The van der Waals surface area contributed by atoms with Gasteiger partial charge in [0.2, 0.25) is 5.91 Å². The number of hydrogen-bond donors (Lipinski definition) is 2. The highest BCUT2D eigenvalue weighted by Gasteiger charge is 2.11. The van der Waals surface area contributed by atoms with E-state index in [2.05, 4.69) is 5.10 Å². The van der Waals surface area contributed by atoms with Crippen molar-refractivity contribution in [1.29, 1.82) is 0 Å². The maximum Gasteiger partial charge on any atom is 0.246 e. The van der Waals surface area contributed by atoms with Gasteiger partial charge in [0.05, 0.1) is 18.9 Å². The Balaban J connectivity index is 2.82. The number of aromatic nitrogens is 2. The van der Waals surface area contributed by atoms with Gasteiger partial charge < -0.3 is 15.1 Å². The van der Waals surface area contributed by atoms with Gasteiger partial charge >= 0.3 is 0 Å². The number of aryl methyl sites for hydroxylation is 2. The molecule has 0 saturated heterocycles. The van der Waals surface area contributed by atoms with Crippen LogP contribution < -0.4 is 0 Å². The highest BCUT2D eigenvalue weighted by molar-refractivity contribution is 6.31. The predicted octanol–water partition coefficient (Wildman–Crippen LogP) is 0.208. The van der Waals surface area contributed by atoms with E-state index in [9.17, 15) is 4.79 Å². The summed E-state index contributed by atoms with van der Waals surface area (Å²) in [6.07, 6.45) is 2.95. The number of aliphatic hydroxyl groups excluding tert-OH is 2. The lowest BCUT2D eigenvalue weighted by atomic mass is 10.2. The molecule has 0 aliphatic rings. The fourth-order valence-corrected chi connectivity index (χ4v) is 1.91.